The molecule has 0 bridgehead atoms. The summed E-state index contributed by atoms with van der Waals surface area (Å²) in [5.74, 6) is 0.792. The molecule has 0 fully saturated rings. The Morgan fingerprint density at radius 3 is 2.90 bits per heavy atom. The zero-order chi connectivity index (χ0) is 15.2. The lowest BCUT2D eigenvalue weighted by molar-refractivity contribution is 0.0740. The molecular weight excluding hydrogens is 269 g/mol. The van der Waals surface area contributed by atoms with Crippen LogP contribution in [0, 0.1) is 0 Å². The molecule has 1 aromatic carbocycles. The zero-order valence-corrected chi connectivity index (χ0v) is 12.7. The van der Waals surface area contributed by atoms with Gasteiger partial charge in [-0.05, 0) is 48.6 Å². The second kappa shape index (κ2) is 7.25. The summed E-state index contributed by atoms with van der Waals surface area (Å²) in [4.78, 5) is 14.2. The first-order valence-electron chi connectivity index (χ1n) is 7.52. The largest absolute Gasteiger partial charge is 0.489 e. The van der Waals surface area contributed by atoms with Gasteiger partial charge in [-0.15, -0.1) is 0 Å². The predicted octanol–water partition coefficient (Wildman–Crippen LogP) is 3.74. The van der Waals surface area contributed by atoms with Crippen LogP contribution in [0.4, 0.5) is 4.39 Å². The lowest BCUT2D eigenvalue weighted by atomic mass is 9.98. The third-order valence-electron chi connectivity index (χ3n) is 3.77. The summed E-state index contributed by atoms with van der Waals surface area (Å²) in [6, 6.07) is 5.51. The van der Waals surface area contributed by atoms with E-state index in [1.54, 1.807) is 6.07 Å². The van der Waals surface area contributed by atoms with Gasteiger partial charge in [-0.2, -0.15) is 0 Å². The number of benzene rings is 1. The Bertz CT molecular complexity index is 540. The van der Waals surface area contributed by atoms with Gasteiger partial charge in [0.25, 0.3) is 5.91 Å². The van der Waals surface area contributed by atoms with Crippen LogP contribution in [0.5, 0.6) is 5.75 Å². The van der Waals surface area contributed by atoms with Gasteiger partial charge < -0.3 is 9.64 Å². The van der Waals surface area contributed by atoms with Crippen LogP contribution in [0.25, 0.3) is 0 Å². The van der Waals surface area contributed by atoms with Crippen LogP contribution < -0.4 is 4.74 Å². The van der Waals surface area contributed by atoms with Crippen molar-refractivity contribution in [2.45, 2.75) is 33.1 Å². The summed E-state index contributed by atoms with van der Waals surface area (Å²) in [5.41, 5.74) is 2.41. The molecule has 1 aliphatic heterocycles. The monoisotopic (exact) mass is 291 g/mol. The molecule has 1 amide bonds. The standard InChI is InChI=1S/C17H22FNO2/c1-3-8-19-9-7-14-10-15(5-6-16(14)17(19)20)21-12-13(4-2)11-18/h5-6,10-11H,3-4,7-9,12H2,1-2H3/b13-11+. The molecule has 0 radical (unpaired) electrons. The van der Waals surface area contributed by atoms with Gasteiger partial charge >= 0.3 is 0 Å². The van der Waals surface area contributed by atoms with Crippen molar-refractivity contribution in [2.75, 3.05) is 19.7 Å². The summed E-state index contributed by atoms with van der Waals surface area (Å²) in [5, 5.41) is 0. The highest BCUT2D eigenvalue weighted by molar-refractivity contribution is 5.96. The van der Waals surface area contributed by atoms with Gasteiger partial charge in [0, 0.05) is 18.7 Å². The zero-order valence-electron chi connectivity index (χ0n) is 12.7. The average Bonchev–Trinajstić information content (AvgIpc) is 2.51. The minimum absolute atomic E-state index is 0.0996. The molecule has 0 saturated heterocycles. The Kier molecular flexibility index (Phi) is 5.37. The van der Waals surface area contributed by atoms with E-state index in [0.717, 1.165) is 37.1 Å². The van der Waals surface area contributed by atoms with Gasteiger partial charge in [-0.1, -0.05) is 13.8 Å². The highest BCUT2D eigenvalue weighted by Gasteiger charge is 2.23. The second-order valence-corrected chi connectivity index (χ2v) is 5.27. The molecule has 0 atom stereocenters. The fourth-order valence-corrected chi connectivity index (χ4v) is 2.47. The van der Waals surface area contributed by atoms with Crippen molar-refractivity contribution in [1.29, 1.82) is 0 Å². The first-order chi connectivity index (χ1) is 10.2. The Balaban J connectivity index is 2.09. The van der Waals surface area contributed by atoms with E-state index in [9.17, 15) is 9.18 Å². The van der Waals surface area contributed by atoms with Gasteiger partial charge in [0.1, 0.15) is 12.4 Å². The maximum absolute atomic E-state index is 12.5. The maximum atomic E-state index is 12.5. The van der Waals surface area contributed by atoms with E-state index >= 15 is 0 Å². The molecule has 2 rings (SSSR count). The minimum Gasteiger partial charge on any atom is -0.489 e. The van der Waals surface area contributed by atoms with Crippen LogP contribution in [0.2, 0.25) is 0 Å². The number of rotatable bonds is 6. The van der Waals surface area contributed by atoms with Gasteiger partial charge in [-0.3, -0.25) is 4.79 Å². The van der Waals surface area contributed by atoms with Crippen molar-refractivity contribution in [3.05, 3.63) is 41.2 Å². The fraction of sp³-hybridized carbons (Fsp3) is 0.471. The molecule has 0 spiro atoms. The Morgan fingerprint density at radius 2 is 2.24 bits per heavy atom. The number of amides is 1. The lowest BCUT2D eigenvalue weighted by Crippen LogP contribution is -2.37. The van der Waals surface area contributed by atoms with Crippen LogP contribution >= 0.6 is 0 Å². The van der Waals surface area contributed by atoms with Gasteiger partial charge in [0.2, 0.25) is 0 Å². The number of halogens is 1. The van der Waals surface area contributed by atoms with E-state index in [2.05, 4.69) is 6.92 Å². The Morgan fingerprint density at radius 1 is 1.43 bits per heavy atom. The molecule has 4 heteroatoms. The SMILES string of the molecule is CCCN1CCc2cc(OC/C(=C/F)CC)ccc2C1=O. The van der Waals surface area contributed by atoms with Crippen LogP contribution in [0.15, 0.2) is 30.1 Å². The number of fused-ring (bicyclic) bond motifs is 1. The highest BCUT2D eigenvalue weighted by Crippen LogP contribution is 2.24. The average molecular weight is 291 g/mol. The molecule has 1 aromatic rings. The Hall–Kier alpha value is -1.84. The molecule has 1 heterocycles. The molecule has 0 aromatic heterocycles. The van der Waals surface area contributed by atoms with E-state index in [1.807, 2.05) is 24.0 Å². The molecule has 0 N–H and O–H groups in total. The van der Waals surface area contributed by atoms with E-state index < -0.39 is 0 Å². The van der Waals surface area contributed by atoms with Gasteiger partial charge in [0.15, 0.2) is 0 Å². The molecule has 0 saturated carbocycles. The third kappa shape index (κ3) is 3.63. The molecule has 114 valence electrons. The molecule has 0 aliphatic carbocycles. The first-order valence-corrected chi connectivity index (χ1v) is 7.52. The van der Waals surface area contributed by atoms with Crippen LogP contribution in [-0.2, 0) is 6.42 Å². The van der Waals surface area contributed by atoms with E-state index in [1.165, 1.54) is 0 Å². The van der Waals surface area contributed by atoms with Crippen molar-refractivity contribution < 1.29 is 13.9 Å². The van der Waals surface area contributed by atoms with Gasteiger partial charge in [-0.25, -0.2) is 4.39 Å². The van der Waals surface area contributed by atoms with Crippen molar-refractivity contribution in [3.63, 3.8) is 0 Å². The molecular formula is C17H22FNO2. The van der Waals surface area contributed by atoms with Crippen molar-refractivity contribution in [2.24, 2.45) is 0 Å². The number of hydrogen-bond donors (Lipinski definition) is 0. The van der Waals surface area contributed by atoms with Crippen molar-refractivity contribution >= 4 is 5.91 Å². The maximum Gasteiger partial charge on any atom is 0.254 e. The lowest BCUT2D eigenvalue weighted by Gasteiger charge is -2.28. The molecule has 1 aliphatic rings. The quantitative estimate of drug-likeness (QED) is 0.799. The molecule has 21 heavy (non-hydrogen) atoms. The summed E-state index contributed by atoms with van der Waals surface area (Å²) in [6.07, 6.45) is 3.05. The number of hydrogen-bond acceptors (Lipinski definition) is 2. The number of nitrogens with zero attached hydrogens (tertiary/aromatic N) is 1. The van der Waals surface area contributed by atoms with E-state index in [-0.39, 0.29) is 12.5 Å². The highest BCUT2D eigenvalue weighted by atomic mass is 19.1. The number of ether oxygens (including phenoxy) is 1. The molecule has 3 nitrogen and oxygen atoms in total. The summed E-state index contributed by atoms with van der Waals surface area (Å²) < 4.78 is 18.1. The van der Waals surface area contributed by atoms with Gasteiger partial charge in [0.05, 0.1) is 6.33 Å². The van der Waals surface area contributed by atoms with E-state index in [0.29, 0.717) is 24.1 Å². The topological polar surface area (TPSA) is 29.5 Å². The van der Waals surface area contributed by atoms with Crippen molar-refractivity contribution in [3.8, 4) is 5.75 Å². The van der Waals surface area contributed by atoms with Crippen molar-refractivity contribution in [1.82, 2.24) is 4.90 Å². The normalized spacial score (nSPS) is 15.1. The summed E-state index contributed by atoms with van der Waals surface area (Å²) in [6.45, 7) is 5.78. The second-order valence-electron chi connectivity index (χ2n) is 5.27. The third-order valence-corrected chi connectivity index (χ3v) is 3.77. The fourth-order valence-electron chi connectivity index (χ4n) is 2.47. The van der Waals surface area contributed by atoms with Crippen LogP contribution in [0.1, 0.15) is 42.6 Å². The Labute approximate surface area is 125 Å². The summed E-state index contributed by atoms with van der Waals surface area (Å²) >= 11 is 0. The summed E-state index contributed by atoms with van der Waals surface area (Å²) in [7, 11) is 0. The number of carbonyl (C=O) groups is 1. The minimum atomic E-state index is 0.0996. The first kappa shape index (κ1) is 15.5. The van der Waals surface area contributed by atoms with Crippen LogP contribution in [-0.4, -0.2) is 30.5 Å². The smallest absolute Gasteiger partial charge is 0.254 e. The predicted molar refractivity (Wildman–Crippen MR) is 81.3 cm³/mol. The van der Waals surface area contributed by atoms with Crippen LogP contribution in [0.3, 0.4) is 0 Å². The molecule has 0 unspecified atom stereocenters. The number of carbonyl (C=O) groups excluding carboxylic acids is 1. The van der Waals surface area contributed by atoms with E-state index in [4.69, 9.17) is 4.74 Å².